The second-order valence-electron chi connectivity index (χ2n) is 3.08. The largest absolute Gasteiger partial charge is 0.281 e. The van der Waals surface area contributed by atoms with Gasteiger partial charge >= 0.3 is 0 Å². The zero-order valence-corrected chi connectivity index (χ0v) is 9.63. The highest BCUT2D eigenvalue weighted by atomic mass is 35.5. The number of halogens is 2. The number of benzene rings is 1. The topological polar surface area (TPSA) is 30.7 Å². The number of para-hydroxylation sites is 1. The highest BCUT2D eigenvalue weighted by Gasteiger charge is 2.11. The summed E-state index contributed by atoms with van der Waals surface area (Å²) in [5.74, 6) is 1.78. The summed E-state index contributed by atoms with van der Waals surface area (Å²) in [4.78, 5) is 0. The van der Waals surface area contributed by atoms with E-state index in [4.69, 9.17) is 23.2 Å². The van der Waals surface area contributed by atoms with Gasteiger partial charge in [0.15, 0.2) is 5.82 Å². The zero-order chi connectivity index (χ0) is 10.8. The molecule has 0 saturated carbocycles. The Morgan fingerprint density at radius 3 is 2.67 bits per heavy atom. The summed E-state index contributed by atoms with van der Waals surface area (Å²) in [6, 6.07) is 7.54. The van der Waals surface area contributed by atoms with Gasteiger partial charge in [-0.05, 0) is 19.1 Å². The van der Waals surface area contributed by atoms with Crippen LogP contribution >= 0.6 is 23.2 Å². The van der Waals surface area contributed by atoms with E-state index in [1.54, 1.807) is 0 Å². The first-order valence-corrected chi connectivity index (χ1v) is 5.37. The van der Waals surface area contributed by atoms with Gasteiger partial charge in [-0.2, -0.15) is 0 Å². The van der Waals surface area contributed by atoms with E-state index in [9.17, 15) is 0 Å². The van der Waals surface area contributed by atoms with E-state index in [2.05, 4.69) is 10.2 Å². The molecule has 15 heavy (non-hydrogen) atoms. The Hall–Kier alpha value is -1.06. The van der Waals surface area contributed by atoms with Gasteiger partial charge in [0.1, 0.15) is 5.82 Å². The third kappa shape index (κ3) is 1.85. The van der Waals surface area contributed by atoms with Gasteiger partial charge in [0, 0.05) is 0 Å². The maximum absolute atomic E-state index is 6.10. The van der Waals surface area contributed by atoms with Gasteiger partial charge in [-0.1, -0.05) is 23.7 Å². The molecule has 0 bridgehead atoms. The van der Waals surface area contributed by atoms with E-state index in [1.165, 1.54) is 0 Å². The number of hydrogen-bond acceptors (Lipinski definition) is 2. The minimum absolute atomic E-state index is 0.312. The quantitative estimate of drug-likeness (QED) is 0.758. The number of rotatable bonds is 2. The van der Waals surface area contributed by atoms with Crippen LogP contribution in [0.25, 0.3) is 5.69 Å². The maximum Gasteiger partial charge on any atom is 0.152 e. The third-order valence-electron chi connectivity index (χ3n) is 2.10. The van der Waals surface area contributed by atoms with Crippen LogP contribution in [0.2, 0.25) is 5.02 Å². The molecule has 5 heteroatoms. The zero-order valence-electron chi connectivity index (χ0n) is 8.11. The highest BCUT2D eigenvalue weighted by Crippen LogP contribution is 2.22. The third-order valence-corrected chi connectivity index (χ3v) is 2.66. The van der Waals surface area contributed by atoms with E-state index in [-0.39, 0.29) is 0 Å². The molecule has 0 aliphatic heterocycles. The summed E-state index contributed by atoms with van der Waals surface area (Å²) in [6.45, 7) is 1.87. The first kappa shape index (κ1) is 10.5. The van der Waals surface area contributed by atoms with Crippen LogP contribution in [-0.4, -0.2) is 14.8 Å². The summed E-state index contributed by atoms with van der Waals surface area (Å²) in [7, 11) is 0. The van der Waals surface area contributed by atoms with Crippen molar-refractivity contribution in [3.05, 3.63) is 40.9 Å². The maximum atomic E-state index is 6.10. The molecule has 1 heterocycles. The van der Waals surface area contributed by atoms with Crippen molar-refractivity contribution in [2.24, 2.45) is 0 Å². The molecular formula is C10H9Cl2N3. The van der Waals surface area contributed by atoms with Gasteiger partial charge in [0.2, 0.25) is 0 Å². The molecule has 0 aliphatic carbocycles. The number of alkyl halides is 1. The normalized spacial score (nSPS) is 10.6. The standard InChI is InChI=1S/C10H9Cl2N3/c1-7-13-14-10(6-11)15(7)9-5-3-2-4-8(9)12/h2-5H,6H2,1H3. The predicted octanol–water partition coefficient (Wildman–Crippen LogP) is 2.97. The molecule has 0 radical (unpaired) electrons. The van der Waals surface area contributed by atoms with Crippen LogP contribution in [0.1, 0.15) is 11.6 Å². The van der Waals surface area contributed by atoms with E-state index in [0.29, 0.717) is 16.7 Å². The Labute approximate surface area is 97.7 Å². The van der Waals surface area contributed by atoms with E-state index >= 15 is 0 Å². The van der Waals surface area contributed by atoms with Gasteiger partial charge in [-0.25, -0.2) is 0 Å². The Morgan fingerprint density at radius 2 is 2.00 bits per heavy atom. The molecule has 78 valence electrons. The summed E-state index contributed by atoms with van der Waals surface area (Å²) in [5, 5.41) is 8.61. The first-order valence-electron chi connectivity index (χ1n) is 4.46. The SMILES string of the molecule is Cc1nnc(CCl)n1-c1ccccc1Cl. The predicted molar refractivity (Wildman–Crippen MR) is 60.7 cm³/mol. The lowest BCUT2D eigenvalue weighted by molar-refractivity contribution is 0.926. The second-order valence-corrected chi connectivity index (χ2v) is 3.76. The van der Waals surface area contributed by atoms with Crippen molar-refractivity contribution in [2.45, 2.75) is 12.8 Å². The van der Waals surface area contributed by atoms with Crippen LogP contribution in [-0.2, 0) is 5.88 Å². The summed E-state index contributed by atoms with van der Waals surface area (Å²) in [6.07, 6.45) is 0. The fraction of sp³-hybridized carbons (Fsp3) is 0.200. The molecule has 0 saturated heterocycles. The number of hydrogen-bond donors (Lipinski definition) is 0. The van der Waals surface area contributed by atoms with E-state index < -0.39 is 0 Å². The molecule has 2 rings (SSSR count). The van der Waals surface area contributed by atoms with Crippen molar-refractivity contribution in [3.63, 3.8) is 0 Å². The lowest BCUT2D eigenvalue weighted by atomic mass is 10.3. The Kier molecular flexibility index (Phi) is 2.93. The minimum Gasteiger partial charge on any atom is -0.281 e. The first-order chi connectivity index (χ1) is 7.24. The molecule has 0 amide bonds. The van der Waals surface area contributed by atoms with Gasteiger partial charge in [0.25, 0.3) is 0 Å². The average Bonchev–Trinajstić information content (AvgIpc) is 2.60. The second kappa shape index (κ2) is 4.21. The molecule has 0 fully saturated rings. The van der Waals surface area contributed by atoms with Gasteiger partial charge in [-0.3, -0.25) is 4.57 Å². The van der Waals surface area contributed by atoms with Crippen LogP contribution in [0.15, 0.2) is 24.3 Å². The van der Waals surface area contributed by atoms with Crippen molar-refractivity contribution in [3.8, 4) is 5.69 Å². The molecule has 0 atom stereocenters. The van der Waals surface area contributed by atoms with Crippen molar-refractivity contribution in [1.29, 1.82) is 0 Å². The van der Waals surface area contributed by atoms with Crippen molar-refractivity contribution >= 4 is 23.2 Å². The van der Waals surface area contributed by atoms with Gasteiger partial charge in [0.05, 0.1) is 16.6 Å². The highest BCUT2D eigenvalue weighted by molar-refractivity contribution is 6.32. The Balaban J connectivity index is 2.63. The average molecular weight is 242 g/mol. The molecule has 2 aromatic rings. The lowest BCUT2D eigenvalue weighted by Crippen LogP contribution is -2.02. The van der Waals surface area contributed by atoms with Crippen LogP contribution in [0.4, 0.5) is 0 Å². The molecule has 0 spiro atoms. The molecular weight excluding hydrogens is 233 g/mol. The van der Waals surface area contributed by atoms with Crippen molar-refractivity contribution in [2.75, 3.05) is 0 Å². The van der Waals surface area contributed by atoms with Crippen LogP contribution < -0.4 is 0 Å². The number of nitrogens with zero attached hydrogens (tertiary/aromatic N) is 3. The fourth-order valence-electron chi connectivity index (χ4n) is 1.44. The number of aromatic nitrogens is 3. The monoisotopic (exact) mass is 241 g/mol. The number of aryl methyl sites for hydroxylation is 1. The molecule has 0 N–H and O–H groups in total. The molecule has 0 aliphatic rings. The fourth-order valence-corrected chi connectivity index (χ4v) is 1.83. The van der Waals surface area contributed by atoms with Crippen LogP contribution in [0.3, 0.4) is 0 Å². The molecule has 3 nitrogen and oxygen atoms in total. The van der Waals surface area contributed by atoms with E-state index in [0.717, 1.165) is 11.5 Å². The molecule has 1 aromatic carbocycles. The van der Waals surface area contributed by atoms with Crippen molar-refractivity contribution in [1.82, 2.24) is 14.8 Å². The van der Waals surface area contributed by atoms with Crippen LogP contribution in [0.5, 0.6) is 0 Å². The Morgan fingerprint density at radius 1 is 1.27 bits per heavy atom. The summed E-state index contributed by atoms with van der Waals surface area (Å²) < 4.78 is 1.86. The van der Waals surface area contributed by atoms with Gasteiger partial charge in [-0.15, -0.1) is 21.8 Å². The van der Waals surface area contributed by atoms with Crippen LogP contribution in [0, 0.1) is 6.92 Å². The van der Waals surface area contributed by atoms with Crippen molar-refractivity contribution < 1.29 is 0 Å². The van der Waals surface area contributed by atoms with E-state index in [1.807, 2.05) is 35.8 Å². The summed E-state index contributed by atoms with van der Waals surface area (Å²) >= 11 is 11.9. The summed E-state index contributed by atoms with van der Waals surface area (Å²) in [5.41, 5.74) is 0.859. The van der Waals surface area contributed by atoms with Gasteiger partial charge < -0.3 is 0 Å². The smallest absolute Gasteiger partial charge is 0.152 e. The Bertz CT molecular complexity index is 479. The minimum atomic E-state index is 0.312. The molecule has 0 unspecified atom stereocenters. The lowest BCUT2D eigenvalue weighted by Gasteiger charge is -2.08. The molecule has 1 aromatic heterocycles.